The number of hydrogen-bond acceptors (Lipinski definition) is 9. The summed E-state index contributed by atoms with van der Waals surface area (Å²) in [6, 6.07) is 11.9. The number of urea groups is 1. The van der Waals surface area contributed by atoms with Crippen molar-refractivity contribution in [2.75, 3.05) is 44.0 Å². The monoisotopic (exact) mass is 685 g/mol. The normalized spacial score (nSPS) is 20.4. The molecule has 262 valence electrons. The predicted octanol–water partition coefficient (Wildman–Crippen LogP) is 5.05. The highest BCUT2D eigenvalue weighted by Gasteiger charge is 2.32. The Balaban J connectivity index is 1.63. The van der Waals surface area contributed by atoms with Gasteiger partial charge in [0.1, 0.15) is 17.1 Å². The van der Waals surface area contributed by atoms with Crippen molar-refractivity contribution >= 4 is 33.3 Å². The number of hydrogen-bond donors (Lipinski definition) is 3. The van der Waals surface area contributed by atoms with Gasteiger partial charge in [0.25, 0.3) is 5.91 Å². The SMILES string of the molecule is Cc1noc(C)c1NC(=O)Nc1ccc2c(c1)C(=O)N([C@H](C)CO)C[C@@H](C)[C@H](CN(C)S(=O)(=O)c1ccccc1)OCCCC[C@H](C)O2. The molecule has 0 bridgehead atoms. The molecule has 3 amide bonds. The highest BCUT2D eigenvalue weighted by Crippen LogP contribution is 2.29. The molecule has 0 aliphatic carbocycles. The highest BCUT2D eigenvalue weighted by atomic mass is 32.2. The average Bonchev–Trinajstić information content (AvgIpc) is 3.38. The van der Waals surface area contributed by atoms with Gasteiger partial charge in [0.05, 0.1) is 35.3 Å². The molecule has 4 atom stereocenters. The number of sulfonamides is 1. The molecule has 3 aromatic rings. The Morgan fingerprint density at radius 1 is 1.12 bits per heavy atom. The lowest BCUT2D eigenvalue weighted by atomic mass is 10.0. The zero-order chi connectivity index (χ0) is 35.0. The van der Waals surface area contributed by atoms with Crippen LogP contribution >= 0.6 is 0 Å². The van der Waals surface area contributed by atoms with Crippen LogP contribution in [0.2, 0.25) is 0 Å². The van der Waals surface area contributed by atoms with E-state index in [0.29, 0.717) is 41.6 Å². The minimum atomic E-state index is -3.78. The average molecular weight is 686 g/mol. The van der Waals surface area contributed by atoms with Crippen LogP contribution in [0.4, 0.5) is 16.2 Å². The van der Waals surface area contributed by atoms with Crippen LogP contribution in [0.15, 0.2) is 57.9 Å². The Bertz CT molecular complexity index is 1630. The van der Waals surface area contributed by atoms with Crippen molar-refractivity contribution in [3.8, 4) is 5.75 Å². The third-order valence-electron chi connectivity index (χ3n) is 8.47. The van der Waals surface area contributed by atoms with Crippen LogP contribution in [-0.4, -0.2) is 91.4 Å². The number of ether oxygens (including phenoxy) is 2. The van der Waals surface area contributed by atoms with Gasteiger partial charge in [-0.1, -0.05) is 30.3 Å². The maximum atomic E-state index is 14.4. The number of benzene rings is 2. The van der Waals surface area contributed by atoms with E-state index >= 15 is 0 Å². The number of aryl methyl sites for hydroxylation is 2. The van der Waals surface area contributed by atoms with Gasteiger partial charge in [0.2, 0.25) is 10.0 Å². The molecule has 0 radical (unpaired) electrons. The molecule has 1 aliphatic heterocycles. The van der Waals surface area contributed by atoms with Gasteiger partial charge in [0.15, 0.2) is 5.76 Å². The van der Waals surface area contributed by atoms with Crippen LogP contribution in [0.25, 0.3) is 0 Å². The summed E-state index contributed by atoms with van der Waals surface area (Å²) in [5.41, 5.74) is 1.54. The number of aliphatic hydroxyl groups excluding tert-OH is 1. The van der Waals surface area contributed by atoms with Gasteiger partial charge < -0.3 is 34.6 Å². The number of nitrogens with zero attached hydrogens (tertiary/aromatic N) is 3. The van der Waals surface area contributed by atoms with Crippen molar-refractivity contribution in [3.63, 3.8) is 0 Å². The first-order valence-electron chi connectivity index (χ1n) is 16.2. The van der Waals surface area contributed by atoms with Crippen LogP contribution in [0.1, 0.15) is 61.8 Å². The molecule has 13 nitrogen and oxygen atoms in total. The van der Waals surface area contributed by atoms with Crippen LogP contribution < -0.4 is 15.4 Å². The first-order valence-corrected chi connectivity index (χ1v) is 17.6. The highest BCUT2D eigenvalue weighted by molar-refractivity contribution is 7.89. The Labute approximate surface area is 282 Å². The van der Waals surface area contributed by atoms with Crippen molar-refractivity contribution in [3.05, 3.63) is 65.5 Å². The Morgan fingerprint density at radius 3 is 2.52 bits per heavy atom. The van der Waals surface area contributed by atoms with E-state index in [9.17, 15) is 23.1 Å². The molecule has 48 heavy (non-hydrogen) atoms. The van der Waals surface area contributed by atoms with Gasteiger partial charge in [-0.05, 0) is 77.3 Å². The summed E-state index contributed by atoms with van der Waals surface area (Å²) in [5.74, 6) is 0.0648. The number of carbonyl (C=O) groups is 2. The lowest BCUT2D eigenvalue weighted by Gasteiger charge is -2.35. The molecular formula is C34H47N5O8S. The number of likely N-dealkylation sites (N-methyl/N-ethyl adjacent to an activating group) is 1. The fourth-order valence-electron chi connectivity index (χ4n) is 5.52. The summed E-state index contributed by atoms with van der Waals surface area (Å²) in [6.45, 7) is 9.28. The van der Waals surface area contributed by atoms with E-state index in [-0.39, 0.29) is 42.2 Å². The number of anilines is 2. The zero-order valence-corrected chi connectivity index (χ0v) is 29.2. The van der Waals surface area contributed by atoms with Gasteiger partial charge >= 0.3 is 6.03 Å². The fourth-order valence-corrected chi connectivity index (χ4v) is 6.73. The second kappa shape index (κ2) is 16.4. The molecule has 14 heteroatoms. The van der Waals surface area contributed by atoms with Gasteiger partial charge in [0, 0.05) is 38.3 Å². The molecule has 0 fully saturated rings. The molecule has 0 spiro atoms. The predicted molar refractivity (Wildman–Crippen MR) is 182 cm³/mol. The summed E-state index contributed by atoms with van der Waals surface area (Å²) in [5, 5.41) is 19.6. The van der Waals surface area contributed by atoms with Crippen molar-refractivity contribution in [2.24, 2.45) is 5.92 Å². The maximum Gasteiger partial charge on any atom is 0.323 e. The molecule has 2 aromatic carbocycles. The summed E-state index contributed by atoms with van der Waals surface area (Å²) in [4.78, 5) is 29.0. The second-order valence-corrected chi connectivity index (χ2v) is 14.4. The van der Waals surface area contributed by atoms with Gasteiger partial charge in [-0.2, -0.15) is 4.31 Å². The standard InChI is InChI=1S/C34H47N5O8S/c1-22-19-39(23(2)21-40)33(41)29-18-27(35-34(42)36-32-25(4)37-47-26(32)5)15-16-30(29)46-24(3)12-10-11-17-45-31(22)20-38(6)48(43,44)28-13-8-7-9-14-28/h7-9,13-16,18,22-24,31,40H,10-12,17,19-21H2,1-6H3,(H2,35,36,42)/t22-,23-,24+,31+/m1/s1. The second-order valence-electron chi connectivity index (χ2n) is 12.4. The lowest BCUT2D eigenvalue weighted by Crippen LogP contribution is -2.48. The van der Waals surface area contributed by atoms with E-state index in [1.165, 1.54) is 11.4 Å². The number of aliphatic hydroxyl groups is 1. The summed E-state index contributed by atoms with van der Waals surface area (Å²) >= 11 is 0. The molecule has 2 heterocycles. The number of nitrogens with one attached hydrogen (secondary N) is 2. The topological polar surface area (TPSA) is 164 Å². The quantitative estimate of drug-likeness (QED) is 0.294. The molecule has 4 rings (SSSR count). The minimum Gasteiger partial charge on any atom is -0.490 e. The smallest absolute Gasteiger partial charge is 0.323 e. The van der Waals surface area contributed by atoms with Crippen molar-refractivity contribution in [1.82, 2.24) is 14.4 Å². The Morgan fingerprint density at radius 2 is 1.85 bits per heavy atom. The summed E-state index contributed by atoms with van der Waals surface area (Å²) in [6.07, 6.45) is 1.43. The van der Waals surface area contributed by atoms with Crippen molar-refractivity contribution < 1.29 is 37.1 Å². The van der Waals surface area contributed by atoms with E-state index < -0.39 is 34.1 Å². The molecular weight excluding hydrogens is 638 g/mol. The largest absolute Gasteiger partial charge is 0.490 e. The van der Waals surface area contributed by atoms with Crippen LogP contribution in [0, 0.1) is 19.8 Å². The molecule has 3 N–H and O–H groups in total. The maximum absolute atomic E-state index is 14.4. The van der Waals surface area contributed by atoms with Crippen LogP contribution in [-0.2, 0) is 14.8 Å². The zero-order valence-electron chi connectivity index (χ0n) is 28.4. The lowest BCUT2D eigenvalue weighted by molar-refractivity contribution is -0.00833. The Hall–Kier alpha value is -3.98. The van der Waals surface area contributed by atoms with Gasteiger partial charge in [-0.3, -0.25) is 4.79 Å². The van der Waals surface area contributed by atoms with Crippen molar-refractivity contribution in [2.45, 2.75) is 77.0 Å². The van der Waals surface area contributed by atoms with E-state index in [4.69, 9.17) is 14.0 Å². The van der Waals surface area contributed by atoms with E-state index in [1.54, 1.807) is 74.2 Å². The van der Waals surface area contributed by atoms with E-state index in [2.05, 4.69) is 15.8 Å². The first-order chi connectivity index (χ1) is 22.8. The fraction of sp³-hybridized carbons (Fsp3) is 0.500. The molecule has 1 aliphatic rings. The minimum absolute atomic E-state index is 0.0678. The molecule has 1 aromatic heterocycles. The Kier molecular flexibility index (Phi) is 12.6. The van der Waals surface area contributed by atoms with E-state index in [0.717, 1.165) is 12.8 Å². The molecule has 0 saturated heterocycles. The third kappa shape index (κ3) is 9.13. The summed E-state index contributed by atoms with van der Waals surface area (Å²) in [7, 11) is -2.26. The van der Waals surface area contributed by atoms with Crippen LogP contribution in [0.5, 0.6) is 5.75 Å². The molecule has 0 unspecified atom stereocenters. The number of carbonyl (C=O) groups excluding carboxylic acids is 2. The first kappa shape index (κ1) is 36.8. The van der Waals surface area contributed by atoms with Crippen LogP contribution in [0.3, 0.4) is 0 Å². The van der Waals surface area contributed by atoms with Gasteiger partial charge in [-0.15, -0.1) is 0 Å². The number of rotatable bonds is 8. The van der Waals surface area contributed by atoms with E-state index in [1.807, 2.05) is 13.8 Å². The molecule has 0 saturated carbocycles. The van der Waals surface area contributed by atoms with Gasteiger partial charge in [-0.25, -0.2) is 13.2 Å². The third-order valence-corrected chi connectivity index (χ3v) is 10.3. The number of fused-ring (bicyclic) bond motifs is 1. The van der Waals surface area contributed by atoms with Crippen molar-refractivity contribution in [1.29, 1.82) is 0 Å². The number of amides is 3. The number of aromatic nitrogens is 1. The summed E-state index contributed by atoms with van der Waals surface area (Å²) < 4.78 is 45.7.